The molecule has 1 aromatic rings. The first-order valence-corrected chi connectivity index (χ1v) is 8.20. The zero-order valence-corrected chi connectivity index (χ0v) is 13.0. The fourth-order valence-electron chi connectivity index (χ4n) is 3.71. The Morgan fingerprint density at radius 1 is 1.29 bits per heavy atom. The normalized spacial score (nSPS) is 25.6. The first kappa shape index (κ1) is 15.2. The monoisotopic (exact) mass is 311 g/mol. The van der Waals surface area contributed by atoms with Crippen molar-refractivity contribution in [2.24, 2.45) is 5.73 Å². The molecule has 2 N–H and O–H groups in total. The molecule has 3 rings (SSSR count). The van der Waals surface area contributed by atoms with Crippen molar-refractivity contribution in [1.29, 1.82) is 0 Å². The number of hydrogen-bond donors (Lipinski definition) is 1. The van der Waals surface area contributed by atoms with E-state index in [-0.39, 0.29) is 16.9 Å². The van der Waals surface area contributed by atoms with Crippen molar-refractivity contribution in [1.82, 2.24) is 9.80 Å². The molecule has 0 amide bonds. The second-order valence-corrected chi connectivity index (χ2v) is 6.48. The topological polar surface area (TPSA) is 32.5 Å². The fraction of sp³-hybridized carbons (Fsp3) is 0.625. The van der Waals surface area contributed by atoms with Crippen molar-refractivity contribution in [3.05, 3.63) is 34.6 Å². The minimum absolute atomic E-state index is 0.0729. The zero-order valence-electron chi connectivity index (χ0n) is 12.3. The molecule has 0 spiro atoms. The number of halogens is 2. The van der Waals surface area contributed by atoms with Crippen molar-refractivity contribution in [3.8, 4) is 0 Å². The lowest BCUT2D eigenvalue weighted by molar-refractivity contribution is 0.200. The first-order valence-electron chi connectivity index (χ1n) is 7.82. The predicted molar refractivity (Wildman–Crippen MR) is 84.0 cm³/mol. The molecule has 2 aliphatic heterocycles. The summed E-state index contributed by atoms with van der Waals surface area (Å²) in [6.45, 7) is 4.79. The maximum absolute atomic E-state index is 14.3. The summed E-state index contributed by atoms with van der Waals surface area (Å²) in [4.78, 5) is 4.89. The van der Waals surface area contributed by atoms with Gasteiger partial charge in [-0.15, -0.1) is 0 Å². The minimum Gasteiger partial charge on any atom is -0.329 e. The maximum Gasteiger partial charge on any atom is 0.146 e. The Balaban J connectivity index is 1.73. The van der Waals surface area contributed by atoms with Crippen LogP contribution < -0.4 is 5.73 Å². The van der Waals surface area contributed by atoms with Crippen LogP contribution in [0.2, 0.25) is 5.02 Å². The van der Waals surface area contributed by atoms with Gasteiger partial charge in [-0.1, -0.05) is 23.7 Å². The molecule has 0 bridgehead atoms. The average molecular weight is 312 g/mol. The third-order valence-electron chi connectivity index (χ3n) is 4.86. The van der Waals surface area contributed by atoms with Crippen molar-refractivity contribution in [3.63, 3.8) is 0 Å². The largest absolute Gasteiger partial charge is 0.329 e. The maximum atomic E-state index is 14.3. The lowest BCUT2D eigenvalue weighted by atomic mass is 10.0. The third kappa shape index (κ3) is 3.09. The first-order chi connectivity index (χ1) is 10.2. The van der Waals surface area contributed by atoms with Crippen molar-refractivity contribution in [2.45, 2.75) is 31.3 Å². The molecule has 5 heteroatoms. The second-order valence-electron chi connectivity index (χ2n) is 6.08. The molecule has 3 nitrogen and oxygen atoms in total. The summed E-state index contributed by atoms with van der Waals surface area (Å²) in [5.41, 5.74) is 6.57. The van der Waals surface area contributed by atoms with Crippen LogP contribution in [0.3, 0.4) is 0 Å². The highest BCUT2D eigenvalue weighted by atomic mass is 35.5. The van der Waals surface area contributed by atoms with E-state index in [1.54, 1.807) is 12.1 Å². The van der Waals surface area contributed by atoms with E-state index in [1.807, 2.05) is 6.07 Å². The highest BCUT2D eigenvalue weighted by molar-refractivity contribution is 6.30. The Kier molecular flexibility index (Phi) is 4.79. The highest BCUT2D eigenvalue weighted by Gasteiger charge is 2.33. The molecule has 2 saturated heterocycles. The lowest BCUT2D eigenvalue weighted by Crippen LogP contribution is -2.38. The molecule has 2 unspecified atom stereocenters. The number of likely N-dealkylation sites (tertiary alicyclic amines) is 2. The van der Waals surface area contributed by atoms with Gasteiger partial charge in [0.15, 0.2) is 0 Å². The Labute approximate surface area is 130 Å². The summed E-state index contributed by atoms with van der Waals surface area (Å²) in [5.74, 6) is -0.320. The van der Waals surface area contributed by atoms with Crippen LogP contribution >= 0.6 is 11.6 Å². The van der Waals surface area contributed by atoms with Crippen molar-refractivity contribution >= 4 is 11.6 Å². The van der Waals surface area contributed by atoms with E-state index in [0.29, 0.717) is 18.2 Å². The summed E-state index contributed by atoms with van der Waals surface area (Å²) in [6.07, 6.45) is 3.76. The molecule has 116 valence electrons. The van der Waals surface area contributed by atoms with Crippen LogP contribution in [0.15, 0.2) is 18.2 Å². The van der Waals surface area contributed by atoms with Gasteiger partial charge < -0.3 is 5.73 Å². The fourth-order valence-corrected chi connectivity index (χ4v) is 3.89. The molecule has 0 radical (unpaired) electrons. The number of hydrogen-bond acceptors (Lipinski definition) is 3. The molecular weight excluding hydrogens is 289 g/mol. The van der Waals surface area contributed by atoms with Gasteiger partial charge in [-0.2, -0.15) is 0 Å². The van der Waals surface area contributed by atoms with E-state index in [9.17, 15) is 4.39 Å². The van der Waals surface area contributed by atoms with E-state index >= 15 is 0 Å². The number of nitrogens with two attached hydrogens (primary N) is 1. The third-order valence-corrected chi connectivity index (χ3v) is 5.15. The number of rotatable bonds is 4. The standard InChI is InChI=1S/C16H23ClFN3/c17-14-5-3-4-13(16(14)18)15(10-19)21-9-6-12(11-21)20-7-1-2-8-20/h3-5,12,15H,1-2,6-11,19H2. The highest BCUT2D eigenvalue weighted by Crippen LogP contribution is 2.31. The van der Waals surface area contributed by atoms with Gasteiger partial charge in [-0.05, 0) is 38.4 Å². The number of nitrogens with zero attached hydrogens (tertiary/aromatic N) is 2. The van der Waals surface area contributed by atoms with E-state index in [2.05, 4.69) is 9.80 Å². The Bertz CT molecular complexity index is 490. The van der Waals surface area contributed by atoms with Crippen molar-refractivity contribution < 1.29 is 4.39 Å². The molecule has 1 aromatic carbocycles. The Hall–Kier alpha value is -0.680. The molecule has 2 fully saturated rings. The van der Waals surface area contributed by atoms with Crippen LogP contribution in [-0.4, -0.2) is 48.6 Å². The van der Waals surface area contributed by atoms with E-state index in [1.165, 1.54) is 25.9 Å². The predicted octanol–water partition coefficient (Wildman–Crippen LogP) is 2.65. The molecular formula is C16H23ClFN3. The van der Waals surface area contributed by atoms with Crippen molar-refractivity contribution in [2.75, 3.05) is 32.7 Å². The van der Waals surface area contributed by atoms with Gasteiger partial charge in [0.2, 0.25) is 0 Å². The van der Waals surface area contributed by atoms with Gasteiger partial charge in [0.25, 0.3) is 0 Å². The van der Waals surface area contributed by atoms with Gasteiger partial charge >= 0.3 is 0 Å². The molecule has 0 aliphatic carbocycles. The van der Waals surface area contributed by atoms with Gasteiger partial charge in [-0.3, -0.25) is 9.80 Å². The molecule has 2 heterocycles. The van der Waals surface area contributed by atoms with Gasteiger partial charge in [0.1, 0.15) is 5.82 Å². The van der Waals surface area contributed by atoms with E-state index in [4.69, 9.17) is 17.3 Å². The van der Waals surface area contributed by atoms with Crippen LogP contribution in [0, 0.1) is 5.82 Å². The summed E-state index contributed by atoms with van der Waals surface area (Å²) in [5, 5.41) is 0.182. The minimum atomic E-state index is -0.320. The number of benzene rings is 1. The van der Waals surface area contributed by atoms with Crippen LogP contribution in [0.4, 0.5) is 4.39 Å². The Morgan fingerprint density at radius 2 is 2.05 bits per heavy atom. The van der Waals surface area contributed by atoms with Gasteiger partial charge in [0, 0.05) is 31.2 Å². The molecule has 21 heavy (non-hydrogen) atoms. The lowest BCUT2D eigenvalue weighted by Gasteiger charge is -2.29. The van der Waals surface area contributed by atoms with Gasteiger partial charge in [-0.25, -0.2) is 4.39 Å². The summed E-state index contributed by atoms with van der Waals surface area (Å²) in [7, 11) is 0. The Morgan fingerprint density at radius 3 is 2.76 bits per heavy atom. The van der Waals surface area contributed by atoms with Crippen LogP contribution in [0.5, 0.6) is 0 Å². The summed E-state index contributed by atoms with van der Waals surface area (Å²) < 4.78 is 14.3. The van der Waals surface area contributed by atoms with Crippen LogP contribution in [0.1, 0.15) is 30.9 Å². The molecule has 2 aliphatic rings. The second kappa shape index (κ2) is 6.61. The zero-order chi connectivity index (χ0) is 14.8. The summed E-state index contributed by atoms with van der Waals surface area (Å²) in [6, 6.07) is 5.73. The van der Waals surface area contributed by atoms with Crippen LogP contribution in [-0.2, 0) is 0 Å². The molecule has 0 saturated carbocycles. The smallest absolute Gasteiger partial charge is 0.146 e. The summed E-state index contributed by atoms with van der Waals surface area (Å²) >= 11 is 5.91. The quantitative estimate of drug-likeness (QED) is 0.928. The molecule has 0 aromatic heterocycles. The molecule has 2 atom stereocenters. The van der Waals surface area contributed by atoms with Crippen LogP contribution in [0.25, 0.3) is 0 Å². The average Bonchev–Trinajstić information content (AvgIpc) is 3.15. The SMILES string of the molecule is NCC(c1cccc(Cl)c1F)N1CCC(N2CCCC2)C1. The van der Waals surface area contributed by atoms with E-state index < -0.39 is 0 Å². The van der Waals surface area contributed by atoms with E-state index in [0.717, 1.165) is 19.5 Å². The van der Waals surface area contributed by atoms with Gasteiger partial charge in [0.05, 0.1) is 11.1 Å².